The first-order valence-corrected chi connectivity index (χ1v) is 16.9. The number of piperidine rings is 3. The van der Waals surface area contributed by atoms with E-state index in [4.69, 9.17) is 4.74 Å². The van der Waals surface area contributed by atoms with Crippen LogP contribution in [0, 0.1) is 6.92 Å². The van der Waals surface area contributed by atoms with Crippen LogP contribution in [0.4, 0.5) is 4.79 Å². The van der Waals surface area contributed by atoms with Gasteiger partial charge in [-0.1, -0.05) is 30.2 Å². The minimum Gasteiger partial charge on any atom is -0.435 e. The molecule has 3 saturated heterocycles. The Morgan fingerprint density at radius 3 is 2.45 bits per heavy atom. The molecule has 2 aromatic rings. The number of carbonyl (C=O) groups is 1. The number of likely N-dealkylation sites (tertiary alicyclic amines) is 2. The maximum atomic E-state index is 15.2. The number of hydrogen-bond acceptors (Lipinski definition) is 5. The zero-order valence-corrected chi connectivity index (χ0v) is 24.0. The first kappa shape index (κ1) is 25.1. The zero-order chi connectivity index (χ0) is 25.9. The van der Waals surface area contributed by atoms with E-state index in [2.05, 4.69) is 45.8 Å². The van der Waals surface area contributed by atoms with E-state index in [1.165, 1.54) is 37.2 Å². The molecule has 0 radical (unpaired) electrons. The molecular weight excluding hydrogens is 514 g/mol. The number of rotatable bonds is 4. The SMILES string of the molecule is Cc1ccc(S2(=O)=C3CC3(OC(=O)N3CCC(N4CCCCC4)CC3)[C@H]3CCC[C@@H](c4cccs4)N32)cc1. The van der Waals surface area contributed by atoms with Crippen molar-refractivity contribution in [3.8, 4) is 0 Å². The summed E-state index contributed by atoms with van der Waals surface area (Å²) in [6.45, 7) is 5.98. The third-order valence-electron chi connectivity index (χ3n) is 9.62. The fraction of sp³-hybridized carbons (Fsp3) is 0.600. The van der Waals surface area contributed by atoms with Crippen molar-refractivity contribution in [1.82, 2.24) is 14.1 Å². The molecule has 5 aliphatic rings. The van der Waals surface area contributed by atoms with Gasteiger partial charge in [0.1, 0.15) is 0 Å². The van der Waals surface area contributed by atoms with E-state index in [-0.39, 0.29) is 18.2 Å². The molecule has 2 unspecified atom stereocenters. The zero-order valence-electron chi connectivity index (χ0n) is 22.3. The van der Waals surface area contributed by atoms with Crippen LogP contribution in [0.15, 0.2) is 46.7 Å². The van der Waals surface area contributed by atoms with Gasteiger partial charge in [-0.05, 0) is 88.5 Å². The number of amides is 1. The Balaban J connectivity index is 1.16. The highest BCUT2D eigenvalue weighted by Gasteiger charge is 2.72. The number of fused-ring (bicyclic) bond motifs is 3. The molecule has 4 aliphatic heterocycles. The van der Waals surface area contributed by atoms with Gasteiger partial charge >= 0.3 is 6.09 Å². The van der Waals surface area contributed by atoms with Gasteiger partial charge in [0.05, 0.1) is 26.7 Å². The van der Waals surface area contributed by atoms with Crippen molar-refractivity contribution in [2.24, 2.45) is 0 Å². The average Bonchev–Trinajstić information content (AvgIpc) is 3.34. The van der Waals surface area contributed by atoms with Crippen LogP contribution in [-0.2, 0) is 14.4 Å². The third kappa shape index (κ3) is 3.97. The predicted octanol–water partition coefficient (Wildman–Crippen LogP) is 5.63. The Kier molecular flexibility index (Phi) is 6.38. The summed E-state index contributed by atoms with van der Waals surface area (Å²) >= 11 is 1.74. The third-order valence-corrected chi connectivity index (χ3v) is 13.8. The molecule has 1 aromatic carbocycles. The standard InChI is InChI=1S/C30H39N3O3S2/c1-22-10-12-24(13-11-22)38(35)28-21-30(28,27-9-5-7-25(33(27)38)26-8-6-20-37-26)36-29(34)32-18-14-23(15-19-32)31-16-3-2-4-17-31/h6,8,10-13,20,23,25,27H,2-5,7,9,14-19,21H2,1H3/t25-,27+,30?,38?/m0/s1. The van der Waals surface area contributed by atoms with Gasteiger partial charge in [-0.25, -0.2) is 13.3 Å². The van der Waals surface area contributed by atoms with E-state index in [1.54, 1.807) is 11.3 Å². The second kappa shape index (κ2) is 9.65. The molecule has 4 atom stereocenters. The Labute approximate surface area is 231 Å². The molecule has 0 N–H and O–H groups in total. The van der Waals surface area contributed by atoms with Gasteiger partial charge in [-0.2, -0.15) is 0 Å². The highest BCUT2D eigenvalue weighted by atomic mass is 32.2. The summed E-state index contributed by atoms with van der Waals surface area (Å²) in [6, 6.07) is 13.1. The summed E-state index contributed by atoms with van der Waals surface area (Å²) in [6.07, 6.45) is 9.38. The van der Waals surface area contributed by atoms with Crippen LogP contribution in [0.3, 0.4) is 0 Å². The summed E-state index contributed by atoms with van der Waals surface area (Å²) in [5.41, 5.74) is 0.449. The molecule has 1 aliphatic carbocycles. The maximum Gasteiger partial charge on any atom is 0.410 e. The molecule has 204 valence electrons. The summed E-state index contributed by atoms with van der Waals surface area (Å²) in [4.78, 5) is 21.2. The fourth-order valence-corrected chi connectivity index (χ4v) is 12.0. The molecular formula is C30H39N3O3S2. The molecule has 4 fully saturated rings. The number of ether oxygens (including phenoxy) is 1. The Morgan fingerprint density at radius 1 is 0.974 bits per heavy atom. The van der Waals surface area contributed by atoms with Gasteiger partial charge < -0.3 is 14.5 Å². The van der Waals surface area contributed by atoms with Crippen LogP contribution in [0.5, 0.6) is 0 Å². The second-order valence-electron chi connectivity index (χ2n) is 11.8. The number of carbonyl (C=O) groups excluding carboxylic acids is 1. The monoisotopic (exact) mass is 553 g/mol. The van der Waals surface area contributed by atoms with E-state index in [9.17, 15) is 4.79 Å². The first-order chi connectivity index (χ1) is 18.5. The van der Waals surface area contributed by atoms with Crippen molar-refractivity contribution in [2.75, 3.05) is 26.2 Å². The van der Waals surface area contributed by atoms with Gasteiger partial charge in [-0.3, -0.25) is 0 Å². The van der Waals surface area contributed by atoms with Gasteiger partial charge in [0.15, 0.2) is 5.60 Å². The highest BCUT2D eigenvalue weighted by molar-refractivity contribution is 8.01. The highest BCUT2D eigenvalue weighted by Crippen LogP contribution is 2.59. The summed E-state index contributed by atoms with van der Waals surface area (Å²) in [5.74, 6) is 0. The van der Waals surface area contributed by atoms with Crippen molar-refractivity contribution in [3.05, 3.63) is 52.2 Å². The lowest BCUT2D eigenvalue weighted by Gasteiger charge is -2.43. The number of hydrogen-bond donors (Lipinski definition) is 0. The van der Waals surface area contributed by atoms with E-state index >= 15 is 4.21 Å². The molecule has 1 aromatic heterocycles. The molecule has 38 heavy (non-hydrogen) atoms. The molecule has 7 rings (SSSR count). The van der Waals surface area contributed by atoms with Gasteiger partial charge in [-0.15, -0.1) is 11.3 Å². The minimum absolute atomic E-state index is 0.0259. The van der Waals surface area contributed by atoms with Crippen molar-refractivity contribution >= 4 is 32.0 Å². The molecule has 1 amide bonds. The van der Waals surface area contributed by atoms with Crippen LogP contribution >= 0.6 is 11.3 Å². The molecule has 6 nitrogen and oxygen atoms in total. The van der Waals surface area contributed by atoms with Crippen molar-refractivity contribution in [3.63, 3.8) is 0 Å². The smallest absolute Gasteiger partial charge is 0.410 e. The molecule has 5 heterocycles. The van der Waals surface area contributed by atoms with E-state index in [0.29, 0.717) is 12.5 Å². The second-order valence-corrected chi connectivity index (χ2v) is 15.3. The molecule has 1 saturated carbocycles. The Hall–Kier alpha value is -1.87. The van der Waals surface area contributed by atoms with Crippen LogP contribution in [0.2, 0.25) is 0 Å². The summed E-state index contributed by atoms with van der Waals surface area (Å²) in [7, 11) is -2.63. The number of nitrogens with zero attached hydrogens (tertiary/aromatic N) is 3. The predicted molar refractivity (Wildman–Crippen MR) is 153 cm³/mol. The lowest BCUT2D eigenvalue weighted by molar-refractivity contribution is 0.00261. The van der Waals surface area contributed by atoms with Gasteiger partial charge in [0.25, 0.3) is 0 Å². The molecule has 0 bridgehead atoms. The lowest BCUT2D eigenvalue weighted by atomic mass is 9.93. The van der Waals surface area contributed by atoms with Gasteiger partial charge in [0, 0.05) is 35.3 Å². The Bertz CT molecular complexity index is 1300. The van der Waals surface area contributed by atoms with E-state index in [1.807, 2.05) is 17.0 Å². The fourth-order valence-electron chi connectivity index (χ4n) is 7.54. The van der Waals surface area contributed by atoms with Crippen LogP contribution in [-0.4, -0.2) is 73.1 Å². The largest absolute Gasteiger partial charge is 0.435 e. The van der Waals surface area contributed by atoms with Crippen LogP contribution in [0.25, 0.3) is 0 Å². The van der Waals surface area contributed by atoms with Gasteiger partial charge in [0.2, 0.25) is 0 Å². The quantitative estimate of drug-likeness (QED) is 0.461. The Morgan fingerprint density at radius 2 is 1.74 bits per heavy atom. The van der Waals surface area contributed by atoms with Crippen molar-refractivity contribution in [1.29, 1.82) is 0 Å². The van der Waals surface area contributed by atoms with Crippen LogP contribution < -0.4 is 0 Å². The van der Waals surface area contributed by atoms with Crippen LogP contribution in [0.1, 0.15) is 74.3 Å². The van der Waals surface area contributed by atoms with E-state index in [0.717, 1.165) is 60.5 Å². The first-order valence-electron chi connectivity index (χ1n) is 14.5. The molecule has 0 spiro atoms. The summed E-state index contributed by atoms with van der Waals surface area (Å²) < 4.78 is 24.0. The number of thiophene rings is 1. The average molecular weight is 554 g/mol. The van der Waals surface area contributed by atoms with Crippen molar-refractivity contribution < 1.29 is 13.7 Å². The van der Waals surface area contributed by atoms with E-state index < -0.39 is 15.3 Å². The molecule has 8 heteroatoms. The lowest BCUT2D eigenvalue weighted by Crippen LogP contribution is -2.52. The number of aryl methyl sites for hydroxylation is 1. The minimum atomic E-state index is -2.63. The maximum absolute atomic E-state index is 15.2. The summed E-state index contributed by atoms with van der Waals surface area (Å²) in [5, 5.41) is 2.11. The normalized spacial score (nSPS) is 34.1. The number of benzene rings is 1. The van der Waals surface area contributed by atoms with Crippen molar-refractivity contribution in [2.45, 2.75) is 93.3 Å². The topological polar surface area (TPSA) is 53.1 Å².